The number of hydrogen-bond donors (Lipinski definition) is 1. The topological polar surface area (TPSA) is 84.3 Å². The lowest BCUT2D eigenvalue weighted by Crippen LogP contribution is -2.38. The largest absolute Gasteiger partial charge is 0.324 e. The monoisotopic (exact) mass is 488 g/mol. The van der Waals surface area contributed by atoms with Crippen molar-refractivity contribution in [1.82, 2.24) is 9.78 Å². The standard InChI is InChI=1S/C24H29ClN4O3S/c1-15(2)19-10-12-20(13-11-19)29(33(31,32)24-17(4)27-28(6)18(24)5)14-23(30)26-22-9-7-8-21(25)16(22)3/h7-13,15H,14H2,1-6H3,(H,26,30). The van der Waals surface area contributed by atoms with Gasteiger partial charge in [-0.15, -0.1) is 0 Å². The van der Waals surface area contributed by atoms with Crippen molar-refractivity contribution in [1.29, 1.82) is 0 Å². The number of halogens is 1. The number of carbonyl (C=O) groups is 1. The Morgan fingerprint density at radius 3 is 2.30 bits per heavy atom. The third-order valence-electron chi connectivity index (χ3n) is 5.67. The van der Waals surface area contributed by atoms with Crippen molar-refractivity contribution in [2.45, 2.75) is 45.4 Å². The zero-order valence-electron chi connectivity index (χ0n) is 19.7. The van der Waals surface area contributed by atoms with Gasteiger partial charge in [-0.1, -0.05) is 43.6 Å². The van der Waals surface area contributed by atoms with Gasteiger partial charge in [-0.2, -0.15) is 5.10 Å². The van der Waals surface area contributed by atoms with Crippen molar-refractivity contribution >= 4 is 38.9 Å². The second kappa shape index (κ2) is 9.57. The van der Waals surface area contributed by atoms with Gasteiger partial charge in [0, 0.05) is 17.8 Å². The van der Waals surface area contributed by atoms with Gasteiger partial charge in [-0.05, 0) is 62.1 Å². The molecule has 0 aliphatic rings. The summed E-state index contributed by atoms with van der Waals surface area (Å²) in [5.41, 5.74) is 3.60. The predicted octanol–water partition coefficient (Wildman–Crippen LogP) is 4.96. The number of nitrogens with one attached hydrogen (secondary N) is 1. The van der Waals surface area contributed by atoms with E-state index in [1.807, 2.05) is 12.1 Å². The van der Waals surface area contributed by atoms with Crippen LogP contribution >= 0.6 is 11.6 Å². The molecule has 176 valence electrons. The molecule has 0 saturated heterocycles. The lowest BCUT2D eigenvalue weighted by atomic mass is 10.0. The molecule has 0 radical (unpaired) electrons. The lowest BCUT2D eigenvalue weighted by Gasteiger charge is -2.25. The number of benzene rings is 2. The zero-order chi connectivity index (χ0) is 24.5. The summed E-state index contributed by atoms with van der Waals surface area (Å²) in [6.07, 6.45) is 0. The maximum absolute atomic E-state index is 13.8. The van der Waals surface area contributed by atoms with Gasteiger partial charge in [0.2, 0.25) is 5.91 Å². The summed E-state index contributed by atoms with van der Waals surface area (Å²) in [5.74, 6) is -0.183. The molecule has 0 aliphatic carbocycles. The molecule has 0 unspecified atom stereocenters. The highest BCUT2D eigenvalue weighted by Crippen LogP contribution is 2.29. The Kier molecular flexibility index (Phi) is 7.19. The van der Waals surface area contributed by atoms with Crippen LogP contribution < -0.4 is 9.62 Å². The van der Waals surface area contributed by atoms with Crippen LogP contribution in [0.15, 0.2) is 47.4 Å². The van der Waals surface area contributed by atoms with Crippen molar-refractivity contribution in [2.75, 3.05) is 16.2 Å². The SMILES string of the molecule is Cc1nn(C)c(C)c1S(=O)(=O)N(CC(=O)Nc1cccc(Cl)c1C)c1ccc(C(C)C)cc1. The molecule has 0 aliphatic heterocycles. The van der Waals surface area contributed by atoms with Crippen molar-refractivity contribution in [3.63, 3.8) is 0 Å². The molecule has 0 saturated carbocycles. The molecule has 2 aromatic carbocycles. The quantitative estimate of drug-likeness (QED) is 0.509. The lowest BCUT2D eigenvalue weighted by molar-refractivity contribution is -0.114. The van der Waals surface area contributed by atoms with Crippen LogP contribution in [0.4, 0.5) is 11.4 Å². The molecule has 1 heterocycles. The Labute approximate surface area is 200 Å². The number of sulfonamides is 1. The maximum Gasteiger partial charge on any atom is 0.268 e. The first kappa shape index (κ1) is 24.8. The van der Waals surface area contributed by atoms with Crippen LogP contribution in [-0.4, -0.2) is 30.7 Å². The molecular formula is C24H29ClN4O3S. The van der Waals surface area contributed by atoms with E-state index < -0.39 is 22.5 Å². The third kappa shape index (κ3) is 5.07. The molecule has 3 rings (SSSR count). The van der Waals surface area contributed by atoms with Gasteiger partial charge in [0.25, 0.3) is 10.0 Å². The summed E-state index contributed by atoms with van der Waals surface area (Å²) in [4.78, 5) is 13.1. The summed E-state index contributed by atoms with van der Waals surface area (Å²) >= 11 is 6.16. The first-order valence-corrected chi connectivity index (χ1v) is 12.4. The van der Waals surface area contributed by atoms with Crippen LogP contribution in [0.5, 0.6) is 0 Å². The number of amides is 1. The molecule has 9 heteroatoms. The minimum Gasteiger partial charge on any atom is -0.324 e. The molecule has 0 fully saturated rings. The number of anilines is 2. The number of aryl methyl sites for hydroxylation is 2. The molecule has 0 spiro atoms. The molecular weight excluding hydrogens is 460 g/mol. The predicted molar refractivity (Wildman–Crippen MR) is 133 cm³/mol. The van der Waals surface area contributed by atoms with Crippen molar-refractivity contribution in [3.8, 4) is 0 Å². The van der Waals surface area contributed by atoms with Crippen LogP contribution in [0.1, 0.15) is 42.3 Å². The summed E-state index contributed by atoms with van der Waals surface area (Å²) in [6, 6.07) is 12.4. The normalized spacial score (nSPS) is 11.6. The van der Waals surface area contributed by atoms with Crippen LogP contribution in [0.3, 0.4) is 0 Å². The number of rotatable bonds is 7. The molecule has 0 atom stereocenters. The highest BCUT2D eigenvalue weighted by atomic mass is 35.5. The average Bonchev–Trinajstić information content (AvgIpc) is 3.01. The van der Waals surface area contributed by atoms with Crippen molar-refractivity contribution < 1.29 is 13.2 Å². The number of carbonyl (C=O) groups excluding carboxylic acids is 1. The van der Waals surface area contributed by atoms with Crippen molar-refractivity contribution in [3.05, 3.63) is 70.0 Å². The third-order valence-corrected chi connectivity index (χ3v) is 8.10. The van der Waals surface area contributed by atoms with Gasteiger partial charge in [-0.25, -0.2) is 8.42 Å². The van der Waals surface area contributed by atoms with Crippen LogP contribution in [0.2, 0.25) is 5.02 Å². The Bertz CT molecular complexity index is 1280. The summed E-state index contributed by atoms with van der Waals surface area (Å²) < 4.78 is 30.2. The smallest absolute Gasteiger partial charge is 0.268 e. The van der Waals surface area contributed by atoms with E-state index in [0.717, 1.165) is 9.87 Å². The molecule has 3 aromatic rings. The van der Waals surface area contributed by atoms with Gasteiger partial charge >= 0.3 is 0 Å². The van der Waals surface area contributed by atoms with E-state index in [-0.39, 0.29) is 4.90 Å². The highest BCUT2D eigenvalue weighted by molar-refractivity contribution is 7.93. The number of hydrogen-bond acceptors (Lipinski definition) is 4. The molecule has 33 heavy (non-hydrogen) atoms. The van der Waals surface area contributed by atoms with E-state index in [4.69, 9.17) is 11.6 Å². The van der Waals surface area contributed by atoms with Gasteiger partial charge < -0.3 is 5.32 Å². The minimum atomic E-state index is -4.07. The zero-order valence-corrected chi connectivity index (χ0v) is 21.3. The summed E-state index contributed by atoms with van der Waals surface area (Å²) in [6.45, 7) is 8.86. The molecule has 1 amide bonds. The number of aromatic nitrogens is 2. The minimum absolute atomic E-state index is 0.102. The van der Waals surface area contributed by atoms with E-state index in [1.165, 1.54) is 4.68 Å². The van der Waals surface area contributed by atoms with E-state index in [2.05, 4.69) is 24.3 Å². The van der Waals surface area contributed by atoms with Gasteiger partial charge in [0.15, 0.2) is 0 Å². The second-order valence-corrected chi connectivity index (χ2v) is 10.5. The maximum atomic E-state index is 13.8. The van der Waals surface area contributed by atoms with Crippen LogP contribution in [-0.2, 0) is 21.9 Å². The summed E-state index contributed by atoms with van der Waals surface area (Å²) in [5, 5.41) is 7.56. The molecule has 1 N–H and O–H groups in total. The second-order valence-electron chi connectivity index (χ2n) is 8.34. The van der Waals surface area contributed by atoms with E-state index in [1.54, 1.807) is 58.2 Å². The van der Waals surface area contributed by atoms with E-state index in [9.17, 15) is 13.2 Å². The Morgan fingerprint density at radius 2 is 1.76 bits per heavy atom. The first-order chi connectivity index (χ1) is 15.4. The summed E-state index contributed by atoms with van der Waals surface area (Å²) in [7, 11) is -2.38. The fourth-order valence-corrected chi connectivity index (χ4v) is 5.64. The molecule has 1 aromatic heterocycles. The Morgan fingerprint density at radius 1 is 1.12 bits per heavy atom. The van der Waals surface area contributed by atoms with Gasteiger partial charge in [0.05, 0.1) is 17.1 Å². The highest BCUT2D eigenvalue weighted by Gasteiger charge is 2.32. The molecule has 7 nitrogen and oxygen atoms in total. The van der Waals surface area contributed by atoms with Crippen LogP contribution in [0, 0.1) is 20.8 Å². The molecule has 0 bridgehead atoms. The van der Waals surface area contributed by atoms with Crippen molar-refractivity contribution in [2.24, 2.45) is 7.05 Å². The fraction of sp³-hybridized carbons (Fsp3) is 0.333. The average molecular weight is 489 g/mol. The van der Waals surface area contributed by atoms with E-state index in [0.29, 0.717) is 39.3 Å². The van der Waals surface area contributed by atoms with Gasteiger partial charge in [0.1, 0.15) is 11.4 Å². The van der Waals surface area contributed by atoms with E-state index >= 15 is 0 Å². The number of nitrogens with zero attached hydrogens (tertiary/aromatic N) is 3. The van der Waals surface area contributed by atoms with Gasteiger partial charge in [-0.3, -0.25) is 13.8 Å². The Balaban J connectivity index is 2.03. The van der Waals surface area contributed by atoms with Crippen LogP contribution in [0.25, 0.3) is 0 Å². The Hall–Kier alpha value is -2.84. The fourth-order valence-electron chi connectivity index (χ4n) is 3.64. The first-order valence-electron chi connectivity index (χ1n) is 10.6.